The topological polar surface area (TPSA) is 17.1 Å². The van der Waals surface area contributed by atoms with Crippen molar-refractivity contribution in [2.75, 3.05) is 0 Å². The van der Waals surface area contributed by atoms with Crippen molar-refractivity contribution in [1.82, 2.24) is 0 Å². The fourth-order valence-electron chi connectivity index (χ4n) is 1.49. The number of Topliss-reactive ketones (excluding diaryl/α,β-unsaturated/α-hetero) is 1. The highest BCUT2D eigenvalue weighted by atomic mass is 28.3. The molecule has 0 saturated heterocycles. The molecule has 0 aromatic carbocycles. The van der Waals surface area contributed by atoms with Crippen molar-refractivity contribution in [1.29, 1.82) is 0 Å². The lowest BCUT2D eigenvalue weighted by Gasteiger charge is -2.26. The number of rotatable bonds is 4. The second-order valence-corrected chi connectivity index (χ2v) is 9.90. The van der Waals surface area contributed by atoms with Gasteiger partial charge in [-0.1, -0.05) is 33.1 Å². The van der Waals surface area contributed by atoms with Crippen molar-refractivity contribution < 1.29 is 4.79 Å². The summed E-state index contributed by atoms with van der Waals surface area (Å²) in [5.74, 6) is 0.275. The van der Waals surface area contributed by atoms with E-state index >= 15 is 0 Å². The molecule has 1 atom stereocenters. The molecule has 0 bridgehead atoms. The molecule has 0 aliphatic carbocycles. The molecule has 1 nitrogen and oxygen atoms in total. The highest BCUT2D eigenvalue weighted by Crippen LogP contribution is 2.28. The number of carbonyl (C=O) groups is 1. The van der Waals surface area contributed by atoms with Crippen molar-refractivity contribution >= 4 is 13.9 Å². The van der Waals surface area contributed by atoms with Crippen LogP contribution in [0.4, 0.5) is 0 Å². The molecule has 0 saturated carbocycles. The lowest BCUT2D eigenvalue weighted by atomic mass is 10.1. The Hall–Kier alpha value is -0.373. The van der Waals surface area contributed by atoms with Gasteiger partial charge < -0.3 is 0 Å². The lowest BCUT2D eigenvalue weighted by Crippen LogP contribution is -2.33. The first-order valence-corrected chi connectivity index (χ1v) is 8.08. The van der Waals surface area contributed by atoms with Gasteiger partial charge in [-0.3, -0.25) is 4.79 Å². The van der Waals surface area contributed by atoms with E-state index in [0.717, 1.165) is 6.42 Å². The maximum absolute atomic E-state index is 11.7. The number of carbonyl (C=O) groups excluding carboxylic acids is 1. The molecule has 0 fully saturated rings. The Morgan fingerprint density at radius 2 is 1.83 bits per heavy atom. The minimum Gasteiger partial charge on any atom is -0.295 e. The van der Waals surface area contributed by atoms with Crippen LogP contribution in [0.3, 0.4) is 0 Å². The minimum atomic E-state index is -1.32. The SMILES string of the molecule is C=C(C)C(=O)C(CC)[Si](C)(C)C. The maximum atomic E-state index is 11.7. The molecule has 0 spiro atoms. The van der Waals surface area contributed by atoms with Crippen molar-refractivity contribution in [2.24, 2.45) is 0 Å². The summed E-state index contributed by atoms with van der Waals surface area (Å²) in [6.07, 6.45) is 0.960. The average molecular weight is 184 g/mol. The van der Waals surface area contributed by atoms with Crippen molar-refractivity contribution in [3.05, 3.63) is 12.2 Å². The fraction of sp³-hybridized carbons (Fsp3) is 0.700. The van der Waals surface area contributed by atoms with Gasteiger partial charge >= 0.3 is 0 Å². The van der Waals surface area contributed by atoms with Gasteiger partial charge in [0.25, 0.3) is 0 Å². The first-order chi connectivity index (χ1) is 5.30. The molecule has 1 unspecified atom stereocenters. The van der Waals surface area contributed by atoms with Crippen LogP contribution in [0.5, 0.6) is 0 Å². The van der Waals surface area contributed by atoms with Crippen LogP contribution in [0, 0.1) is 0 Å². The third-order valence-corrected chi connectivity index (χ3v) is 4.95. The zero-order valence-electron chi connectivity index (χ0n) is 8.90. The van der Waals surface area contributed by atoms with Gasteiger partial charge in [0.1, 0.15) is 0 Å². The zero-order valence-corrected chi connectivity index (χ0v) is 9.90. The van der Waals surface area contributed by atoms with Crippen LogP contribution in [0.2, 0.25) is 25.2 Å². The molecule has 70 valence electrons. The molecule has 0 aromatic rings. The molecule has 0 radical (unpaired) electrons. The van der Waals surface area contributed by atoms with Crippen LogP contribution in [-0.4, -0.2) is 13.9 Å². The molecular weight excluding hydrogens is 164 g/mol. The van der Waals surface area contributed by atoms with Gasteiger partial charge in [-0.25, -0.2) is 0 Å². The van der Waals surface area contributed by atoms with E-state index < -0.39 is 8.07 Å². The first-order valence-electron chi connectivity index (χ1n) is 4.50. The van der Waals surface area contributed by atoms with Crippen LogP contribution in [0.1, 0.15) is 20.3 Å². The molecule has 2 heteroatoms. The normalized spacial score (nSPS) is 14.1. The van der Waals surface area contributed by atoms with Gasteiger partial charge in [0.2, 0.25) is 0 Å². The summed E-state index contributed by atoms with van der Waals surface area (Å²) in [6.45, 7) is 14.3. The molecule has 0 heterocycles. The van der Waals surface area contributed by atoms with E-state index in [-0.39, 0.29) is 11.3 Å². The van der Waals surface area contributed by atoms with Crippen LogP contribution in [0.15, 0.2) is 12.2 Å². The summed E-state index contributed by atoms with van der Waals surface area (Å²) in [5.41, 5.74) is 0.972. The quantitative estimate of drug-likeness (QED) is 0.484. The van der Waals surface area contributed by atoms with Gasteiger partial charge in [0.15, 0.2) is 5.78 Å². The van der Waals surface area contributed by atoms with Crippen LogP contribution in [0.25, 0.3) is 0 Å². The maximum Gasteiger partial charge on any atom is 0.158 e. The second kappa shape index (κ2) is 4.03. The minimum absolute atomic E-state index is 0.259. The summed E-state index contributed by atoms with van der Waals surface area (Å²) in [7, 11) is -1.32. The van der Waals surface area contributed by atoms with Crippen molar-refractivity contribution in [3.8, 4) is 0 Å². The van der Waals surface area contributed by atoms with E-state index in [1.165, 1.54) is 0 Å². The Balaban J connectivity index is 4.58. The molecule has 0 aromatic heterocycles. The molecule has 0 N–H and O–H groups in total. The van der Waals surface area contributed by atoms with E-state index in [1.807, 2.05) is 6.92 Å². The predicted molar refractivity (Wildman–Crippen MR) is 57.2 cm³/mol. The highest BCUT2D eigenvalue weighted by Gasteiger charge is 2.30. The van der Waals surface area contributed by atoms with Crippen LogP contribution >= 0.6 is 0 Å². The zero-order chi connectivity index (χ0) is 9.94. The van der Waals surface area contributed by atoms with E-state index in [9.17, 15) is 4.79 Å². The third kappa shape index (κ3) is 2.93. The fourth-order valence-corrected chi connectivity index (χ4v) is 3.75. The van der Waals surface area contributed by atoms with Gasteiger partial charge in [-0.2, -0.15) is 0 Å². The highest BCUT2D eigenvalue weighted by molar-refractivity contribution is 6.80. The van der Waals surface area contributed by atoms with E-state index in [2.05, 4.69) is 33.1 Å². The molecular formula is C10H20OSi. The number of allylic oxidation sites excluding steroid dienone is 1. The van der Waals surface area contributed by atoms with E-state index in [4.69, 9.17) is 0 Å². The Kier molecular flexibility index (Phi) is 3.91. The van der Waals surface area contributed by atoms with Gasteiger partial charge in [-0.15, -0.1) is 0 Å². The van der Waals surface area contributed by atoms with Gasteiger partial charge in [-0.05, 0) is 18.9 Å². The van der Waals surface area contributed by atoms with Crippen molar-refractivity contribution in [2.45, 2.75) is 45.5 Å². The first kappa shape index (κ1) is 11.6. The monoisotopic (exact) mass is 184 g/mol. The summed E-state index contributed by atoms with van der Waals surface area (Å²) < 4.78 is 0. The largest absolute Gasteiger partial charge is 0.295 e. The van der Waals surface area contributed by atoms with Gasteiger partial charge in [0, 0.05) is 5.54 Å². The summed E-state index contributed by atoms with van der Waals surface area (Å²) in [4.78, 5) is 11.7. The molecule has 12 heavy (non-hydrogen) atoms. The molecule has 0 aliphatic heterocycles. The van der Waals surface area contributed by atoms with Crippen LogP contribution < -0.4 is 0 Å². The standard InChI is InChI=1S/C10H20OSi/c1-7-9(12(4,5)6)10(11)8(2)3/h9H,2,7H2,1,3-6H3. The summed E-state index contributed by atoms with van der Waals surface area (Å²) in [5, 5.41) is 0. The summed E-state index contributed by atoms with van der Waals surface area (Å²) in [6, 6.07) is 0. The van der Waals surface area contributed by atoms with E-state index in [1.54, 1.807) is 0 Å². The Labute approximate surface area is 76.9 Å². The lowest BCUT2D eigenvalue weighted by molar-refractivity contribution is -0.115. The smallest absolute Gasteiger partial charge is 0.158 e. The number of ketones is 1. The number of hydrogen-bond donors (Lipinski definition) is 0. The van der Waals surface area contributed by atoms with Crippen LogP contribution in [-0.2, 0) is 4.79 Å². The Bertz CT molecular complexity index is 189. The third-order valence-electron chi connectivity index (χ3n) is 2.19. The molecule has 0 aliphatic rings. The number of hydrogen-bond acceptors (Lipinski definition) is 1. The Morgan fingerprint density at radius 1 is 1.42 bits per heavy atom. The van der Waals surface area contributed by atoms with E-state index in [0.29, 0.717) is 5.57 Å². The predicted octanol–water partition coefficient (Wildman–Crippen LogP) is 3.25. The van der Waals surface area contributed by atoms with Gasteiger partial charge in [0.05, 0.1) is 8.07 Å². The van der Waals surface area contributed by atoms with Crippen molar-refractivity contribution in [3.63, 3.8) is 0 Å². The second-order valence-electron chi connectivity index (χ2n) is 4.47. The average Bonchev–Trinajstić information content (AvgIpc) is 1.85. The summed E-state index contributed by atoms with van der Waals surface area (Å²) >= 11 is 0. The molecule has 0 rings (SSSR count). The molecule has 0 amide bonds. The Morgan fingerprint density at radius 3 is 1.92 bits per heavy atom.